The molecule has 0 fully saturated rings. The Balaban J connectivity index is 2.34. The third-order valence-corrected chi connectivity index (χ3v) is 4.01. The average Bonchev–Trinajstić information content (AvgIpc) is 2.85. The Morgan fingerprint density at radius 2 is 2.19 bits per heavy atom. The molecule has 2 aromatic heterocycles. The predicted octanol–water partition coefficient (Wildman–Crippen LogP) is 3.57. The van der Waals surface area contributed by atoms with E-state index in [1.165, 1.54) is 7.11 Å². The van der Waals surface area contributed by atoms with Crippen molar-refractivity contribution in [3.8, 4) is 5.69 Å². The van der Waals surface area contributed by atoms with Crippen molar-refractivity contribution in [2.24, 2.45) is 0 Å². The summed E-state index contributed by atoms with van der Waals surface area (Å²) in [4.78, 5) is 16.4. The number of carbonyl (C=O) groups is 1. The Hall–Kier alpha value is -1.48. The fourth-order valence-electron chi connectivity index (χ4n) is 2.03. The van der Waals surface area contributed by atoms with E-state index in [-0.39, 0.29) is 0 Å². The van der Waals surface area contributed by atoms with E-state index < -0.39 is 5.97 Å². The van der Waals surface area contributed by atoms with Crippen molar-refractivity contribution in [2.45, 2.75) is 0 Å². The largest absolute Gasteiger partial charge is 0.464 e. The van der Waals surface area contributed by atoms with Crippen LogP contribution in [0.25, 0.3) is 16.7 Å². The van der Waals surface area contributed by atoms with Gasteiger partial charge in [-0.3, -0.25) is 0 Å². The van der Waals surface area contributed by atoms with Crippen molar-refractivity contribution in [3.63, 3.8) is 0 Å². The number of fused-ring (bicyclic) bond motifs is 1. The van der Waals surface area contributed by atoms with Gasteiger partial charge in [-0.15, -0.1) is 5.10 Å². The summed E-state index contributed by atoms with van der Waals surface area (Å²) in [5.41, 5.74) is 1.64. The first-order valence-corrected chi connectivity index (χ1v) is 7.86. The fourth-order valence-corrected chi connectivity index (χ4v) is 2.87. The second-order valence-electron chi connectivity index (χ2n) is 4.26. The summed E-state index contributed by atoms with van der Waals surface area (Å²) < 4.78 is 8.28. The predicted molar refractivity (Wildman–Crippen MR) is 90.6 cm³/mol. The molecule has 3 rings (SSSR count). The van der Waals surface area contributed by atoms with Gasteiger partial charge in [-0.05, 0) is 46.9 Å². The van der Waals surface area contributed by atoms with Crippen LogP contribution in [0.5, 0.6) is 0 Å². The second-order valence-corrected chi connectivity index (χ2v) is 6.42. The van der Waals surface area contributed by atoms with Crippen LogP contribution in [0.1, 0.15) is 10.5 Å². The maximum absolute atomic E-state index is 12.2. The van der Waals surface area contributed by atoms with Crippen LogP contribution in [-0.4, -0.2) is 27.8 Å². The van der Waals surface area contributed by atoms with Crippen LogP contribution in [0.2, 0.25) is 0 Å². The molecule has 5 nitrogen and oxygen atoms in total. The molecule has 0 radical (unpaired) electrons. The van der Waals surface area contributed by atoms with Crippen molar-refractivity contribution >= 4 is 55.5 Å². The number of hydrogen-bond acceptors (Lipinski definition) is 4. The number of pyridine rings is 1. The lowest BCUT2D eigenvalue weighted by molar-refractivity contribution is 0.0592. The summed E-state index contributed by atoms with van der Waals surface area (Å²) in [6.45, 7) is 0. The number of ether oxygens (including phenoxy) is 1. The van der Waals surface area contributed by atoms with Crippen molar-refractivity contribution in [1.82, 2.24) is 14.8 Å². The van der Waals surface area contributed by atoms with Crippen LogP contribution in [0.15, 0.2) is 41.0 Å². The number of benzene rings is 1. The van der Waals surface area contributed by atoms with Gasteiger partial charge in [0.2, 0.25) is 0 Å². The summed E-state index contributed by atoms with van der Waals surface area (Å²) in [6.07, 6.45) is 1.71. The standard InChI is InChI=1S/C14H9BrIN3O2/c1-21-14(20)12-11-6-9(16)7-17-13(11)18-19(12)10-4-2-3-8(15)5-10/h2-7H,1H3. The van der Waals surface area contributed by atoms with E-state index >= 15 is 0 Å². The zero-order valence-electron chi connectivity index (χ0n) is 10.9. The van der Waals surface area contributed by atoms with Gasteiger partial charge in [0.25, 0.3) is 0 Å². The molecule has 0 saturated heterocycles. The number of nitrogens with zero attached hydrogens (tertiary/aromatic N) is 3. The maximum atomic E-state index is 12.2. The SMILES string of the molecule is COC(=O)c1c2cc(I)cnc2nn1-c1cccc(Br)c1. The monoisotopic (exact) mass is 457 g/mol. The van der Waals surface area contributed by atoms with Crippen molar-refractivity contribution in [3.05, 3.63) is 50.3 Å². The fraction of sp³-hybridized carbons (Fsp3) is 0.0714. The van der Waals surface area contributed by atoms with E-state index in [2.05, 4.69) is 48.6 Å². The molecule has 0 aliphatic heterocycles. The topological polar surface area (TPSA) is 57.0 Å². The van der Waals surface area contributed by atoms with Crippen LogP contribution in [0.3, 0.4) is 0 Å². The first-order chi connectivity index (χ1) is 10.1. The van der Waals surface area contributed by atoms with Gasteiger partial charge in [0, 0.05) is 14.2 Å². The number of esters is 1. The minimum Gasteiger partial charge on any atom is -0.464 e. The van der Waals surface area contributed by atoms with Crippen LogP contribution in [0.4, 0.5) is 0 Å². The van der Waals surface area contributed by atoms with Crippen LogP contribution in [-0.2, 0) is 4.74 Å². The van der Waals surface area contributed by atoms with E-state index in [1.54, 1.807) is 10.9 Å². The van der Waals surface area contributed by atoms with Crippen LogP contribution >= 0.6 is 38.5 Å². The molecular weight excluding hydrogens is 449 g/mol. The third-order valence-electron chi connectivity index (χ3n) is 2.93. The molecule has 21 heavy (non-hydrogen) atoms. The van der Waals surface area contributed by atoms with E-state index in [9.17, 15) is 4.79 Å². The smallest absolute Gasteiger partial charge is 0.357 e. The molecule has 2 heterocycles. The van der Waals surface area contributed by atoms with Gasteiger partial charge in [-0.25, -0.2) is 14.5 Å². The van der Waals surface area contributed by atoms with Crippen molar-refractivity contribution in [1.29, 1.82) is 0 Å². The molecule has 7 heteroatoms. The number of methoxy groups -OCH3 is 1. The molecule has 0 unspecified atom stereocenters. The Labute approximate surface area is 142 Å². The third kappa shape index (κ3) is 2.67. The molecule has 0 aliphatic carbocycles. The van der Waals surface area contributed by atoms with Crippen molar-refractivity contribution in [2.75, 3.05) is 7.11 Å². The van der Waals surface area contributed by atoms with E-state index in [0.717, 1.165) is 13.7 Å². The van der Waals surface area contributed by atoms with Gasteiger partial charge >= 0.3 is 5.97 Å². The zero-order valence-corrected chi connectivity index (χ0v) is 14.6. The highest BCUT2D eigenvalue weighted by molar-refractivity contribution is 14.1. The Bertz CT molecular complexity index is 847. The van der Waals surface area contributed by atoms with E-state index in [0.29, 0.717) is 16.7 Å². The molecule has 0 aliphatic rings. The highest BCUT2D eigenvalue weighted by atomic mass is 127. The molecule has 0 atom stereocenters. The molecule has 3 aromatic rings. The van der Waals surface area contributed by atoms with Crippen LogP contribution in [0, 0.1) is 3.57 Å². The van der Waals surface area contributed by atoms with Crippen LogP contribution < -0.4 is 0 Å². The van der Waals surface area contributed by atoms with Crippen molar-refractivity contribution < 1.29 is 9.53 Å². The maximum Gasteiger partial charge on any atom is 0.357 e. The van der Waals surface area contributed by atoms with E-state index in [1.807, 2.05) is 30.3 Å². The average molecular weight is 458 g/mol. The number of hydrogen-bond donors (Lipinski definition) is 0. The lowest BCUT2D eigenvalue weighted by Gasteiger charge is -2.06. The highest BCUT2D eigenvalue weighted by Crippen LogP contribution is 2.24. The summed E-state index contributed by atoms with van der Waals surface area (Å²) in [5.74, 6) is -0.443. The number of rotatable bonds is 2. The number of aromatic nitrogens is 3. The zero-order chi connectivity index (χ0) is 15.0. The minimum atomic E-state index is -0.443. The molecule has 0 saturated carbocycles. The van der Waals surface area contributed by atoms with Gasteiger partial charge in [-0.1, -0.05) is 22.0 Å². The van der Waals surface area contributed by atoms with Gasteiger partial charge in [0.1, 0.15) is 0 Å². The Morgan fingerprint density at radius 1 is 1.38 bits per heavy atom. The normalized spacial score (nSPS) is 10.8. The molecular formula is C14H9BrIN3O2. The van der Waals surface area contributed by atoms with E-state index in [4.69, 9.17) is 4.74 Å². The summed E-state index contributed by atoms with van der Waals surface area (Å²) >= 11 is 5.57. The molecule has 106 valence electrons. The Kier molecular flexibility index (Phi) is 3.94. The second kappa shape index (κ2) is 5.72. The summed E-state index contributed by atoms with van der Waals surface area (Å²) in [5, 5.41) is 5.09. The first-order valence-electron chi connectivity index (χ1n) is 5.98. The quantitative estimate of drug-likeness (QED) is 0.436. The van der Waals surface area contributed by atoms with Gasteiger partial charge < -0.3 is 4.74 Å². The first kappa shape index (κ1) is 14.5. The lowest BCUT2D eigenvalue weighted by Crippen LogP contribution is -2.10. The Morgan fingerprint density at radius 3 is 2.90 bits per heavy atom. The van der Waals surface area contributed by atoms with Gasteiger partial charge in [-0.2, -0.15) is 0 Å². The molecule has 0 spiro atoms. The molecule has 0 bridgehead atoms. The summed E-state index contributed by atoms with van der Waals surface area (Å²) in [7, 11) is 1.35. The summed E-state index contributed by atoms with van der Waals surface area (Å²) in [6, 6.07) is 9.41. The van der Waals surface area contributed by atoms with Gasteiger partial charge in [0.05, 0.1) is 18.2 Å². The minimum absolute atomic E-state index is 0.372. The molecule has 0 N–H and O–H groups in total. The molecule has 0 amide bonds. The number of halogens is 2. The highest BCUT2D eigenvalue weighted by Gasteiger charge is 2.21. The molecule has 1 aromatic carbocycles. The number of carbonyl (C=O) groups excluding carboxylic acids is 1. The lowest BCUT2D eigenvalue weighted by atomic mass is 10.2. The van der Waals surface area contributed by atoms with Gasteiger partial charge in [0.15, 0.2) is 11.3 Å².